The SMILES string of the molecule is CN(C)c1ccc(NC2CCCN(C(=O)c3cc(C#N)c[nH]3)CC2)cn1. The van der Waals surface area contributed by atoms with Gasteiger partial charge in [-0.15, -0.1) is 0 Å². The third-order valence-corrected chi connectivity index (χ3v) is 4.63. The van der Waals surface area contributed by atoms with Crippen LogP contribution in [-0.4, -0.2) is 54.0 Å². The third kappa shape index (κ3) is 4.14. The highest BCUT2D eigenvalue weighted by Crippen LogP contribution is 2.19. The number of aromatic amines is 1. The van der Waals surface area contributed by atoms with Crippen LogP contribution in [0.1, 0.15) is 35.3 Å². The Morgan fingerprint density at radius 3 is 2.88 bits per heavy atom. The van der Waals surface area contributed by atoms with Crippen molar-refractivity contribution in [3.63, 3.8) is 0 Å². The molecule has 1 unspecified atom stereocenters. The van der Waals surface area contributed by atoms with Gasteiger partial charge in [-0.05, 0) is 37.5 Å². The van der Waals surface area contributed by atoms with Crippen LogP contribution in [-0.2, 0) is 0 Å². The van der Waals surface area contributed by atoms with Crippen molar-refractivity contribution in [1.29, 1.82) is 5.26 Å². The van der Waals surface area contributed by atoms with Gasteiger partial charge in [-0.2, -0.15) is 5.26 Å². The molecular weight excluding hydrogens is 328 g/mol. The fraction of sp³-hybridized carbons (Fsp3) is 0.421. The van der Waals surface area contributed by atoms with Crippen molar-refractivity contribution < 1.29 is 4.79 Å². The number of nitrogens with one attached hydrogen (secondary N) is 2. The quantitative estimate of drug-likeness (QED) is 0.882. The summed E-state index contributed by atoms with van der Waals surface area (Å²) in [6.45, 7) is 1.43. The highest BCUT2D eigenvalue weighted by Gasteiger charge is 2.22. The van der Waals surface area contributed by atoms with Gasteiger partial charge in [-0.1, -0.05) is 0 Å². The fourth-order valence-corrected chi connectivity index (χ4v) is 3.17. The summed E-state index contributed by atoms with van der Waals surface area (Å²) in [5.74, 6) is 0.889. The van der Waals surface area contributed by atoms with Crippen LogP contribution >= 0.6 is 0 Å². The number of hydrogen-bond acceptors (Lipinski definition) is 5. The Labute approximate surface area is 153 Å². The summed E-state index contributed by atoms with van der Waals surface area (Å²) in [5, 5.41) is 12.4. The van der Waals surface area contributed by atoms with Crippen molar-refractivity contribution in [2.75, 3.05) is 37.4 Å². The molecule has 1 saturated heterocycles. The Bertz CT molecular complexity index is 789. The minimum Gasteiger partial charge on any atom is -0.381 e. The van der Waals surface area contributed by atoms with Gasteiger partial charge in [0.1, 0.15) is 17.6 Å². The van der Waals surface area contributed by atoms with Crippen molar-refractivity contribution in [1.82, 2.24) is 14.9 Å². The number of likely N-dealkylation sites (tertiary alicyclic amines) is 1. The Morgan fingerprint density at radius 1 is 1.38 bits per heavy atom. The van der Waals surface area contributed by atoms with Crippen molar-refractivity contribution in [3.05, 3.63) is 41.9 Å². The number of rotatable bonds is 4. The van der Waals surface area contributed by atoms with Gasteiger partial charge in [0.2, 0.25) is 0 Å². The van der Waals surface area contributed by atoms with Crippen LogP contribution in [0, 0.1) is 11.3 Å². The second-order valence-electron chi connectivity index (χ2n) is 6.78. The minimum absolute atomic E-state index is 0.0378. The van der Waals surface area contributed by atoms with Crippen LogP contribution in [0.3, 0.4) is 0 Å². The van der Waals surface area contributed by atoms with E-state index < -0.39 is 0 Å². The Kier molecular flexibility index (Phi) is 5.42. The predicted molar refractivity (Wildman–Crippen MR) is 101 cm³/mol. The van der Waals surface area contributed by atoms with E-state index in [1.165, 1.54) is 0 Å². The monoisotopic (exact) mass is 352 g/mol. The standard InChI is InChI=1S/C19H24N6O/c1-24(2)18-6-5-16(13-22-18)23-15-4-3-8-25(9-7-15)19(26)17-10-14(11-20)12-21-17/h5-6,10,12-13,15,21,23H,3-4,7-9H2,1-2H3. The van der Waals surface area contributed by atoms with Crippen LogP contribution in [0.5, 0.6) is 0 Å². The Morgan fingerprint density at radius 2 is 2.23 bits per heavy atom. The minimum atomic E-state index is -0.0378. The number of H-pyrrole nitrogens is 1. The Hall–Kier alpha value is -3.01. The zero-order valence-electron chi connectivity index (χ0n) is 15.2. The molecule has 1 amide bonds. The molecule has 2 N–H and O–H groups in total. The van der Waals surface area contributed by atoms with Crippen LogP contribution < -0.4 is 10.2 Å². The van der Waals surface area contributed by atoms with E-state index in [-0.39, 0.29) is 5.91 Å². The van der Waals surface area contributed by atoms with E-state index in [0.29, 0.717) is 23.8 Å². The first-order valence-electron chi connectivity index (χ1n) is 8.84. The number of carbonyl (C=O) groups excluding carboxylic acids is 1. The number of aromatic nitrogens is 2. The number of carbonyl (C=O) groups is 1. The van der Waals surface area contributed by atoms with Crippen molar-refractivity contribution in [2.45, 2.75) is 25.3 Å². The molecule has 0 saturated carbocycles. The van der Waals surface area contributed by atoms with Crippen molar-refractivity contribution in [3.8, 4) is 6.07 Å². The van der Waals surface area contributed by atoms with E-state index in [4.69, 9.17) is 5.26 Å². The number of pyridine rings is 1. The van der Waals surface area contributed by atoms with Gasteiger partial charge in [-0.3, -0.25) is 4.79 Å². The molecule has 0 radical (unpaired) electrons. The van der Waals surface area contributed by atoms with E-state index >= 15 is 0 Å². The van der Waals surface area contributed by atoms with Gasteiger partial charge in [0, 0.05) is 39.4 Å². The van der Waals surface area contributed by atoms with E-state index in [2.05, 4.69) is 15.3 Å². The van der Waals surface area contributed by atoms with Gasteiger partial charge in [-0.25, -0.2) is 4.98 Å². The molecule has 0 aliphatic carbocycles. The molecule has 1 atom stereocenters. The topological polar surface area (TPSA) is 88.0 Å². The first-order chi connectivity index (χ1) is 12.6. The molecule has 7 heteroatoms. The Balaban J connectivity index is 1.57. The third-order valence-electron chi connectivity index (χ3n) is 4.63. The van der Waals surface area contributed by atoms with Gasteiger partial charge in [0.15, 0.2) is 0 Å². The predicted octanol–water partition coefficient (Wildman–Crippen LogP) is 2.45. The molecule has 26 heavy (non-hydrogen) atoms. The highest BCUT2D eigenvalue weighted by atomic mass is 16.2. The normalized spacial score (nSPS) is 17.3. The average molecular weight is 352 g/mol. The van der Waals surface area contributed by atoms with Crippen molar-refractivity contribution >= 4 is 17.4 Å². The summed E-state index contributed by atoms with van der Waals surface area (Å²) >= 11 is 0. The lowest BCUT2D eigenvalue weighted by Gasteiger charge is -2.21. The molecule has 7 nitrogen and oxygen atoms in total. The zero-order chi connectivity index (χ0) is 18.5. The van der Waals surface area contributed by atoms with E-state index in [1.807, 2.05) is 48.3 Å². The molecule has 0 bridgehead atoms. The van der Waals surface area contributed by atoms with Gasteiger partial charge in [0.25, 0.3) is 5.91 Å². The summed E-state index contributed by atoms with van der Waals surface area (Å²) in [6, 6.07) is 8.00. The molecule has 2 aromatic heterocycles. The molecule has 2 aromatic rings. The first-order valence-corrected chi connectivity index (χ1v) is 8.84. The summed E-state index contributed by atoms with van der Waals surface area (Å²) in [5.41, 5.74) is 1.97. The number of hydrogen-bond donors (Lipinski definition) is 2. The van der Waals surface area contributed by atoms with E-state index in [0.717, 1.165) is 37.3 Å². The number of amides is 1. The maximum atomic E-state index is 12.6. The lowest BCUT2D eigenvalue weighted by molar-refractivity contribution is 0.0756. The maximum absolute atomic E-state index is 12.6. The molecule has 0 aromatic carbocycles. The van der Waals surface area contributed by atoms with E-state index in [9.17, 15) is 4.79 Å². The lowest BCUT2D eigenvalue weighted by atomic mass is 10.1. The van der Waals surface area contributed by atoms with Gasteiger partial charge in [0.05, 0.1) is 17.4 Å². The molecule has 3 heterocycles. The summed E-state index contributed by atoms with van der Waals surface area (Å²) in [4.78, 5) is 23.8. The molecule has 1 fully saturated rings. The number of nitriles is 1. The molecule has 1 aliphatic heterocycles. The molecule has 1 aliphatic rings. The summed E-state index contributed by atoms with van der Waals surface area (Å²) < 4.78 is 0. The second-order valence-corrected chi connectivity index (χ2v) is 6.78. The van der Waals surface area contributed by atoms with Crippen LogP contribution in [0.2, 0.25) is 0 Å². The van der Waals surface area contributed by atoms with Gasteiger partial charge >= 0.3 is 0 Å². The van der Waals surface area contributed by atoms with Gasteiger partial charge < -0.3 is 20.1 Å². The highest BCUT2D eigenvalue weighted by molar-refractivity contribution is 5.92. The van der Waals surface area contributed by atoms with Crippen LogP contribution in [0.4, 0.5) is 11.5 Å². The lowest BCUT2D eigenvalue weighted by Crippen LogP contribution is -2.32. The number of nitrogens with zero attached hydrogens (tertiary/aromatic N) is 4. The molecular formula is C19H24N6O. The zero-order valence-corrected chi connectivity index (χ0v) is 15.2. The molecule has 0 spiro atoms. The molecule has 136 valence electrons. The van der Waals surface area contributed by atoms with Crippen LogP contribution in [0.15, 0.2) is 30.6 Å². The van der Waals surface area contributed by atoms with E-state index in [1.54, 1.807) is 12.3 Å². The first kappa shape index (κ1) is 17.8. The van der Waals surface area contributed by atoms with Crippen molar-refractivity contribution in [2.24, 2.45) is 0 Å². The number of anilines is 2. The maximum Gasteiger partial charge on any atom is 0.270 e. The van der Waals surface area contributed by atoms with Crippen LogP contribution in [0.25, 0.3) is 0 Å². The summed E-state index contributed by atoms with van der Waals surface area (Å²) in [6.07, 6.45) is 6.25. The molecule has 3 rings (SSSR count). The fourth-order valence-electron chi connectivity index (χ4n) is 3.17. The smallest absolute Gasteiger partial charge is 0.270 e. The summed E-state index contributed by atoms with van der Waals surface area (Å²) in [7, 11) is 3.94. The average Bonchev–Trinajstić information content (AvgIpc) is 3.01. The largest absolute Gasteiger partial charge is 0.381 e. The second kappa shape index (κ2) is 7.91.